The average molecular weight is 344 g/mol. The van der Waals surface area contributed by atoms with E-state index in [1.165, 1.54) is 12.1 Å². The van der Waals surface area contributed by atoms with Crippen LogP contribution >= 0.6 is 27.5 Å². The molecule has 0 spiro atoms. The average Bonchev–Trinajstić information content (AvgIpc) is 2.40. The largest absolute Gasteiger partial charge is 0.324 e. The van der Waals surface area contributed by atoms with Gasteiger partial charge in [-0.05, 0) is 18.2 Å². The summed E-state index contributed by atoms with van der Waals surface area (Å²) in [6.45, 7) is 0. The number of halogens is 2. The van der Waals surface area contributed by atoms with Gasteiger partial charge in [-0.15, -0.1) is 11.6 Å². The lowest BCUT2D eigenvalue weighted by atomic mass is 10.1. The van der Waals surface area contributed by atoms with Gasteiger partial charge in [-0.1, -0.05) is 22.4 Å². The molecule has 0 heterocycles. The van der Waals surface area contributed by atoms with Gasteiger partial charge in [-0.3, -0.25) is 19.7 Å². The third-order valence-electron chi connectivity index (χ3n) is 2.01. The maximum atomic E-state index is 11.9. The van der Waals surface area contributed by atoms with Crippen molar-refractivity contribution in [2.45, 2.75) is 0 Å². The molecule has 0 bridgehead atoms. The summed E-state index contributed by atoms with van der Waals surface area (Å²) in [5, 5.41) is 4.36. The van der Waals surface area contributed by atoms with E-state index >= 15 is 0 Å². The molecular weight excluding hydrogens is 336 g/mol. The normalized spacial score (nSPS) is 9.32. The molecule has 0 aliphatic heterocycles. The van der Waals surface area contributed by atoms with E-state index in [4.69, 9.17) is 18.0 Å². The fraction of sp³-hybridized carbons (Fsp3) is 0.0833. The molecule has 1 aromatic carbocycles. The topological polar surface area (TPSA) is 75.3 Å². The van der Waals surface area contributed by atoms with Crippen LogP contribution in [0.15, 0.2) is 22.7 Å². The van der Waals surface area contributed by atoms with Crippen LogP contribution < -0.4 is 10.6 Å². The minimum atomic E-state index is -0.957. The number of Topliss-reactive ketones (excluding diaryl/α,β-unsaturated/α-hetero) is 1. The molecule has 0 fully saturated rings. The highest BCUT2D eigenvalue weighted by atomic mass is 79.9. The molecule has 0 saturated heterocycles. The molecule has 1 aromatic rings. The Labute approximate surface area is 122 Å². The molecule has 98 valence electrons. The highest BCUT2D eigenvalue weighted by molar-refractivity contribution is 9.10. The van der Waals surface area contributed by atoms with Crippen molar-refractivity contribution in [1.29, 1.82) is 0 Å². The zero-order chi connectivity index (χ0) is 14.4. The lowest BCUT2D eigenvalue weighted by molar-refractivity contribution is -0.116. The Morgan fingerprint density at radius 2 is 2.05 bits per heavy atom. The zero-order valence-electron chi connectivity index (χ0n) is 9.50. The molecule has 0 atom stereocenters. The van der Waals surface area contributed by atoms with Crippen molar-refractivity contribution in [3.8, 4) is 12.5 Å². The van der Waals surface area contributed by atoms with Crippen molar-refractivity contribution in [3.05, 3.63) is 28.2 Å². The highest BCUT2D eigenvalue weighted by Gasteiger charge is 2.20. The van der Waals surface area contributed by atoms with Crippen molar-refractivity contribution >= 4 is 50.8 Å². The van der Waals surface area contributed by atoms with E-state index < -0.39 is 17.6 Å². The second-order valence-corrected chi connectivity index (χ2v) is 4.48. The van der Waals surface area contributed by atoms with Gasteiger partial charge in [0.1, 0.15) is 5.88 Å². The molecule has 0 radical (unpaired) electrons. The minimum Gasteiger partial charge on any atom is -0.324 e. The van der Waals surface area contributed by atoms with Gasteiger partial charge in [-0.2, -0.15) is 0 Å². The maximum Gasteiger partial charge on any atom is 0.303 e. The number of anilines is 1. The minimum absolute atomic E-state index is 0.0144. The predicted octanol–water partition coefficient (Wildman–Crippen LogP) is 1.52. The number of ketones is 1. The first-order valence-electron chi connectivity index (χ1n) is 4.95. The third-order valence-corrected chi connectivity index (χ3v) is 2.75. The van der Waals surface area contributed by atoms with E-state index in [0.29, 0.717) is 4.47 Å². The molecule has 0 aliphatic rings. The van der Waals surface area contributed by atoms with Crippen LogP contribution in [0.4, 0.5) is 5.69 Å². The van der Waals surface area contributed by atoms with E-state index in [-0.39, 0.29) is 17.1 Å². The van der Waals surface area contributed by atoms with Crippen LogP contribution in [0.5, 0.6) is 0 Å². The Morgan fingerprint density at radius 1 is 1.37 bits per heavy atom. The Kier molecular flexibility index (Phi) is 5.55. The van der Waals surface area contributed by atoms with Gasteiger partial charge in [0.25, 0.3) is 5.78 Å². The molecule has 5 nitrogen and oxygen atoms in total. The summed E-state index contributed by atoms with van der Waals surface area (Å²) < 4.78 is 0.577. The van der Waals surface area contributed by atoms with Crippen molar-refractivity contribution in [2.75, 3.05) is 11.2 Å². The molecule has 0 aromatic heterocycles. The quantitative estimate of drug-likeness (QED) is 0.286. The number of benzene rings is 1. The number of nitrogens with one attached hydrogen (secondary N) is 2. The van der Waals surface area contributed by atoms with Gasteiger partial charge in [0.15, 0.2) is 0 Å². The number of alkyl halides is 1. The van der Waals surface area contributed by atoms with Crippen molar-refractivity contribution in [1.82, 2.24) is 5.32 Å². The molecule has 0 unspecified atom stereocenters. The zero-order valence-corrected chi connectivity index (χ0v) is 11.8. The van der Waals surface area contributed by atoms with Gasteiger partial charge in [0.2, 0.25) is 5.91 Å². The van der Waals surface area contributed by atoms with Crippen molar-refractivity contribution in [3.63, 3.8) is 0 Å². The fourth-order valence-corrected chi connectivity index (χ4v) is 1.67. The summed E-state index contributed by atoms with van der Waals surface area (Å²) in [5.74, 6) is -2.57. The van der Waals surface area contributed by atoms with E-state index in [0.717, 1.165) is 0 Å². The first kappa shape index (κ1) is 15.2. The molecule has 2 amide bonds. The van der Waals surface area contributed by atoms with Crippen LogP contribution in [-0.2, 0) is 9.59 Å². The second-order valence-electron chi connectivity index (χ2n) is 3.30. The van der Waals surface area contributed by atoms with Gasteiger partial charge >= 0.3 is 5.91 Å². The van der Waals surface area contributed by atoms with Crippen molar-refractivity contribution in [2.24, 2.45) is 0 Å². The number of amides is 2. The Bertz CT molecular complexity index is 581. The van der Waals surface area contributed by atoms with Crippen LogP contribution in [0.1, 0.15) is 10.4 Å². The van der Waals surface area contributed by atoms with Crippen LogP contribution in [0.2, 0.25) is 0 Å². The fourth-order valence-electron chi connectivity index (χ4n) is 1.24. The van der Waals surface area contributed by atoms with Gasteiger partial charge in [0, 0.05) is 10.5 Å². The first-order valence-corrected chi connectivity index (χ1v) is 6.28. The Hall–Kier alpha value is -1.84. The smallest absolute Gasteiger partial charge is 0.303 e. The highest BCUT2D eigenvalue weighted by Crippen LogP contribution is 2.21. The lowest BCUT2D eigenvalue weighted by Gasteiger charge is -2.09. The first-order chi connectivity index (χ1) is 8.99. The number of carbonyl (C=O) groups excluding carboxylic acids is 3. The Morgan fingerprint density at radius 3 is 2.63 bits per heavy atom. The molecule has 7 heteroatoms. The number of carbonyl (C=O) groups is 3. The molecular formula is C12H8BrClN2O3. The van der Waals surface area contributed by atoms with E-state index in [2.05, 4.69) is 21.2 Å². The van der Waals surface area contributed by atoms with Crippen LogP contribution in [-0.4, -0.2) is 23.5 Å². The standard InChI is InChI=1S/C12H8BrClN2O3/c1-2-15-12(19)11(18)8-5-7(13)3-4-9(8)16-10(17)6-14/h1,3-5H,6H2,(H,15,19)(H,16,17). The van der Waals surface area contributed by atoms with Crippen LogP contribution in [0, 0.1) is 12.5 Å². The van der Waals surface area contributed by atoms with Crippen LogP contribution in [0.25, 0.3) is 0 Å². The van der Waals surface area contributed by atoms with Crippen LogP contribution in [0.3, 0.4) is 0 Å². The molecule has 0 aliphatic carbocycles. The number of hydrogen-bond donors (Lipinski definition) is 2. The van der Waals surface area contributed by atoms with Crippen molar-refractivity contribution < 1.29 is 14.4 Å². The summed E-state index contributed by atoms with van der Waals surface area (Å²) in [6, 6.07) is 6.36. The third kappa shape index (κ3) is 4.09. The molecule has 1 rings (SSSR count). The monoisotopic (exact) mass is 342 g/mol. The van der Waals surface area contributed by atoms with Gasteiger partial charge in [0.05, 0.1) is 11.3 Å². The second kappa shape index (κ2) is 6.92. The summed E-state index contributed by atoms with van der Waals surface area (Å²) >= 11 is 8.54. The predicted molar refractivity (Wildman–Crippen MR) is 74.8 cm³/mol. The Balaban J connectivity index is 3.14. The number of hydrogen-bond acceptors (Lipinski definition) is 3. The summed E-state index contributed by atoms with van der Waals surface area (Å²) in [7, 11) is 0. The molecule has 0 saturated carbocycles. The van der Waals surface area contributed by atoms with E-state index in [1.807, 2.05) is 11.4 Å². The SMILES string of the molecule is C#CNC(=O)C(=O)c1cc(Br)ccc1NC(=O)CCl. The molecule has 19 heavy (non-hydrogen) atoms. The number of terminal acetylenes is 1. The summed E-state index contributed by atoms with van der Waals surface area (Å²) in [4.78, 5) is 34.5. The van der Waals surface area contributed by atoms with Gasteiger partial charge in [-0.25, -0.2) is 0 Å². The molecule has 2 N–H and O–H groups in total. The lowest BCUT2D eigenvalue weighted by Crippen LogP contribution is -2.28. The van der Waals surface area contributed by atoms with E-state index in [9.17, 15) is 14.4 Å². The summed E-state index contributed by atoms with van der Waals surface area (Å²) in [5.41, 5.74) is 0.201. The van der Waals surface area contributed by atoms with Gasteiger partial charge < -0.3 is 5.32 Å². The van der Waals surface area contributed by atoms with E-state index in [1.54, 1.807) is 6.07 Å². The number of rotatable bonds is 4. The summed E-state index contributed by atoms with van der Waals surface area (Å²) in [6.07, 6.45) is 4.88. The maximum absolute atomic E-state index is 11.9.